The molecule has 0 aliphatic heterocycles. The lowest BCUT2D eigenvalue weighted by molar-refractivity contribution is -0.143. The Morgan fingerprint density at radius 2 is 1.86 bits per heavy atom. The molecule has 3 aromatic rings. The van der Waals surface area contributed by atoms with Gasteiger partial charge in [-0.25, -0.2) is 5.43 Å². The standard InChI is InChI=1S/C25H26Cl2N4O4/c1-4-35-22(32)14-31-13-17(18-7-5-6-8-21(18)31)12-28-30-25(34)23(15(2)3)29-24(33)16-9-10-19(26)20(27)11-16/h5-13,15,23H,4,14H2,1-3H3,(H,29,33)(H,30,34). The molecule has 35 heavy (non-hydrogen) atoms. The number of para-hydroxylation sites is 1. The number of rotatable bonds is 9. The average molecular weight is 517 g/mol. The number of fused-ring (bicyclic) bond motifs is 1. The number of hydrogen-bond acceptors (Lipinski definition) is 5. The Morgan fingerprint density at radius 1 is 1.11 bits per heavy atom. The summed E-state index contributed by atoms with van der Waals surface area (Å²) in [5, 5.41) is 8.24. The fourth-order valence-corrected chi connectivity index (χ4v) is 3.78. The van der Waals surface area contributed by atoms with Gasteiger partial charge >= 0.3 is 5.97 Å². The molecule has 0 aliphatic carbocycles. The maximum Gasteiger partial charge on any atom is 0.325 e. The van der Waals surface area contributed by atoms with Crippen LogP contribution in [0.5, 0.6) is 0 Å². The Morgan fingerprint density at radius 3 is 2.54 bits per heavy atom. The van der Waals surface area contributed by atoms with E-state index in [4.69, 9.17) is 27.9 Å². The van der Waals surface area contributed by atoms with Gasteiger partial charge in [-0.05, 0) is 37.1 Å². The van der Waals surface area contributed by atoms with Gasteiger partial charge in [0.2, 0.25) is 0 Å². The second-order valence-electron chi connectivity index (χ2n) is 8.09. The number of carbonyl (C=O) groups excluding carboxylic acids is 3. The first kappa shape index (κ1) is 26.2. The van der Waals surface area contributed by atoms with Crippen molar-refractivity contribution in [1.82, 2.24) is 15.3 Å². The third-order valence-electron chi connectivity index (χ3n) is 5.22. The number of aromatic nitrogens is 1. The summed E-state index contributed by atoms with van der Waals surface area (Å²) in [4.78, 5) is 37.4. The summed E-state index contributed by atoms with van der Waals surface area (Å²) in [7, 11) is 0. The van der Waals surface area contributed by atoms with E-state index in [1.54, 1.807) is 17.7 Å². The third kappa shape index (κ3) is 6.61. The van der Waals surface area contributed by atoms with Crippen LogP contribution in [0.25, 0.3) is 10.9 Å². The second-order valence-corrected chi connectivity index (χ2v) is 8.91. The molecule has 2 amide bonds. The maximum atomic E-state index is 12.8. The van der Waals surface area contributed by atoms with E-state index in [0.29, 0.717) is 17.2 Å². The number of nitrogens with zero attached hydrogens (tertiary/aromatic N) is 2. The van der Waals surface area contributed by atoms with Crippen LogP contribution < -0.4 is 10.7 Å². The fraction of sp³-hybridized carbons (Fsp3) is 0.280. The van der Waals surface area contributed by atoms with Gasteiger partial charge in [-0.2, -0.15) is 5.10 Å². The molecule has 1 aromatic heterocycles. The van der Waals surface area contributed by atoms with Gasteiger partial charge in [0.15, 0.2) is 0 Å². The third-order valence-corrected chi connectivity index (χ3v) is 5.96. The minimum Gasteiger partial charge on any atom is -0.465 e. The molecule has 184 valence electrons. The summed E-state index contributed by atoms with van der Waals surface area (Å²) >= 11 is 11.9. The summed E-state index contributed by atoms with van der Waals surface area (Å²) in [5.41, 5.74) is 4.33. The molecule has 1 heterocycles. The molecule has 0 saturated heterocycles. The largest absolute Gasteiger partial charge is 0.465 e. The van der Waals surface area contributed by atoms with E-state index in [1.165, 1.54) is 24.4 Å². The highest BCUT2D eigenvalue weighted by atomic mass is 35.5. The van der Waals surface area contributed by atoms with Crippen molar-refractivity contribution in [3.05, 3.63) is 69.8 Å². The Balaban J connectivity index is 1.72. The lowest BCUT2D eigenvalue weighted by Gasteiger charge is -2.20. The van der Waals surface area contributed by atoms with Gasteiger partial charge in [0.05, 0.1) is 22.9 Å². The predicted molar refractivity (Wildman–Crippen MR) is 137 cm³/mol. The zero-order valence-corrected chi connectivity index (χ0v) is 21.1. The molecule has 2 aromatic carbocycles. The lowest BCUT2D eigenvalue weighted by Crippen LogP contribution is -2.48. The molecule has 1 atom stereocenters. The zero-order chi connectivity index (χ0) is 25.5. The smallest absolute Gasteiger partial charge is 0.325 e. The van der Waals surface area contributed by atoms with Crippen molar-refractivity contribution >= 4 is 58.1 Å². The van der Waals surface area contributed by atoms with Crippen LogP contribution in [0.2, 0.25) is 10.0 Å². The molecule has 1 unspecified atom stereocenters. The molecule has 0 fully saturated rings. The second kappa shape index (κ2) is 11.9. The molecular weight excluding hydrogens is 491 g/mol. The van der Waals surface area contributed by atoms with E-state index in [0.717, 1.165) is 10.9 Å². The van der Waals surface area contributed by atoms with E-state index in [2.05, 4.69) is 15.8 Å². The van der Waals surface area contributed by atoms with Crippen molar-refractivity contribution in [3.63, 3.8) is 0 Å². The van der Waals surface area contributed by atoms with Crippen LogP contribution in [-0.4, -0.2) is 41.2 Å². The number of benzene rings is 2. The number of nitrogens with one attached hydrogen (secondary N) is 2. The van der Waals surface area contributed by atoms with Crippen LogP contribution in [0, 0.1) is 5.92 Å². The number of halogens is 2. The van der Waals surface area contributed by atoms with Crippen LogP contribution in [-0.2, 0) is 20.9 Å². The molecule has 0 spiro atoms. The Bertz CT molecular complexity index is 1270. The number of hydrogen-bond donors (Lipinski definition) is 2. The number of ether oxygens (including phenoxy) is 1. The van der Waals surface area contributed by atoms with E-state index >= 15 is 0 Å². The molecule has 0 saturated carbocycles. The lowest BCUT2D eigenvalue weighted by atomic mass is 10.0. The van der Waals surface area contributed by atoms with Gasteiger partial charge in [-0.3, -0.25) is 14.4 Å². The van der Waals surface area contributed by atoms with Crippen molar-refractivity contribution in [2.45, 2.75) is 33.4 Å². The van der Waals surface area contributed by atoms with Crippen LogP contribution in [0.3, 0.4) is 0 Å². The topological polar surface area (TPSA) is 102 Å². The summed E-state index contributed by atoms with van der Waals surface area (Å²) < 4.78 is 6.81. The molecule has 3 rings (SSSR count). The average Bonchev–Trinajstić information content (AvgIpc) is 3.16. The number of amides is 2. The Kier molecular flexibility index (Phi) is 8.89. The maximum absolute atomic E-state index is 12.8. The van der Waals surface area contributed by atoms with Crippen molar-refractivity contribution in [1.29, 1.82) is 0 Å². The Hall–Kier alpha value is -3.36. The highest BCUT2D eigenvalue weighted by molar-refractivity contribution is 6.42. The first-order valence-electron chi connectivity index (χ1n) is 11.0. The molecule has 0 aliphatic rings. The normalized spacial score (nSPS) is 12.2. The van der Waals surface area contributed by atoms with E-state index in [-0.39, 0.29) is 29.0 Å². The van der Waals surface area contributed by atoms with Crippen LogP contribution >= 0.6 is 23.2 Å². The minimum absolute atomic E-state index is 0.0602. The monoisotopic (exact) mass is 516 g/mol. The summed E-state index contributed by atoms with van der Waals surface area (Å²) in [6.45, 7) is 5.74. The number of hydrazone groups is 1. The highest BCUT2D eigenvalue weighted by Gasteiger charge is 2.25. The van der Waals surface area contributed by atoms with Gasteiger partial charge in [-0.1, -0.05) is 55.2 Å². The molecule has 0 bridgehead atoms. The summed E-state index contributed by atoms with van der Waals surface area (Å²) in [5.74, 6) is -1.48. The van der Waals surface area contributed by atoms with Gasteiger partial charge in [0.1, 0.15) is 12.6 Å². The van der Waals surface area contributed by atoms with E-state index in [1.807, 2.05) is 38.1 Å². The molecular formula is C25H26Cl2N4O4. The van der Waals surface area contributed by atoms with Gasteiger partial charge < -0.3 is 14.6 Å². The van der Waals surface area contributed by atoms with Crippen molar-refractivity contribution in [2.24, 2.45) is 11.0 Å². The van der Waals surface area contributed by atoms with Crippen LogP contribution in [0.4, 0.5) is 0 Å². The van der Waals surface area contributed by atoms with Crippen molar-refractivity contribution in [2.75, 3.05) is 6.61 Å². The van der Waals surface area contributed by atoms with Crippen molar-refractivity contribution in [3.8, 4) is 0 Å². The van der Waals surface area contributed by atoms with Gasteiger partial charge in [0, 0.05) is 28.2 Å². The molecule has 0 radical (unpaired) electrons. The first-order chi connectivity index (χ1) is 16.7. The van der Waals surface area contributed by atoms with Gasteiger partial charge in [-0.15, -0.1) is 0 Å². The quantitative estimate of drug-likeness (QED) is 0.249. The highest BCUT2D eigenvalue weighted by Crippen LogP contribution is 2.23. The number of esters is 1. The van der Waals surface area contributed by atoms with E-state index < -0.39 is 17.9 Å². The van der Waals surface area contributed by atoms with Crippen LogP contribution in [0.15, 0.2) is 53.8 Å². The summed E-state index contributed by atoms with van der Waals surface area (Å²) in [6, 6.07) is 11.2. The predicted octanol–water partition coefficient (Wildman–Crippen LogP) is 4.42. The van der Waals surface area contributed by atoms with Crippen LogP contribution in [0.1, 0.15) is 36.7 Å². The Labute approximate surface area is 213 Å². The fourth-order valence-electron chi connectivity index (χ4n) is 3.49. The zero-order valence-electron chi connectivity index (χ0n) is 19.5. The molecule has 2 N–H and O–H groups in total. The minimum atomic E-state index is -0.834. The summed E-state index contributed by atoms with van der Waals surface area (Å²) in [6.07, 6.45) is 3.27. The molecule has 8 nitrogen and oxygen atoms in total. The first-order valence-corrected chi connectivity index (χ1v) is 11.8. The molecule has 10 heteroatoms. The van der Waals surface area contributed by atoms with E-state index in [9.17, 15) is 14.4 Å². The van der Waals surface area contributed by atoms with Gasteiger partial charge in [0.25, 0.3) is 11.8 Å². The SMILES string of the molecule is CCOC(=O)Cn1cc(C=NNC(=O)C(NC(=O)c2ccc(Cl)c(Cl)c2)C(C)C)c2ccccc21. The van der Waals surface area contributed by atoms with Crippen molar-refractivity contribution < 1.29 is 19.1 Å². The number of carbonyl (C=O) groups is 3.